The van der Waals surface area contributed by atoms with Crippen LogP contribution in [0.1, 0.15) is 29.3 Å². The van der Waals surface area contributed by atoms with Crippen molar-refractivity contribution in [3.05, 3.63) is 77.0 Å². The van der Waals surface area contributed by atoms with E-state index in [9.17, 15) is 4.79 Å². The number of ether oxygens (including phenoxy) is 1. The Morgan fingerprint density at radius 3 is 2.72 bits per heavy atom. The van der Waals surface area contributed by atoms with Crippen LogP contribution < -0.4 is 0 Å². The number of aromatic nitrogens is 1. The summed E-state index contributed by atoms with van der Waals surface area (Å²) in [6, 6.07) is 16.8. The van der Waals surface area contributed by atoms with E-state index in [0.29, 0.717) is 6.61 Å². The molecule has 4 rings (SSSR count). The van der Waals surface area contributed by atoms with Gasteiger partial charge in [-0.2, -0.15) is 0 Å². The Morgan fingerprint density at radius 1 is 1.12 bits per heavy atom. The number of benzene rings is 2. The Kier molecular flexibility index (Phi) is 3.92. The van der Waals surface area contributed by atoms with Crippen molar-refractivity contribution in [2.45, 2.75) is 19.8 Å². The molecule has 0 aliphatic heterocycles. The molecule has 0 radical (unpaired) electrons. The molecule has 126 valence electrons. The molecule has 25 heavy (non-hydrogen) atoms. The van der Waals surface area contributed by atoms with E-state index in [1.165, 1.54) is 22.2 Å². The second kappa shape index (κ2) is 6.25. The quantitative estimate of drug-likeness (QED) is 0.519. The fraction of sp³-hybridized carbons (Fsp3) is 0.227. The number of nitrogens with zero attached hydrogens (tertiary/aromatic N) is 1. The van der Waals surface area contributed by atoms with Crippen molar-refractivity contribution >= 4 is 22.4 Å². The first-order valence-electron chi connectivity index (χ1n) is 8.74. The first-order valence-corrected chi connectivity index (χ1v) is 8.74. The maximum absolute atomic E-state index is 12.3. The van der Waals surface area contributed by atoms with Gasteiger partial charge in [0.2, 0.25) is 0 Å². The smallest absolute Gasteiger partial charge is 0.331 e. The van der Waals surface area contributed by atoms with E-state index in [4.69, 9.17) is 4.74 Å². The Balaban J connectivity index is 2.05. The molecule has 1 aliphatic rings. The molecule has 1 aliphatic carbocycles. The molecule has 1 aromatic heterocycles. The lowest BCUT2D eigenvalue weighted by Crippen LogP contribution is -2.02. The summed E-state index contributed by atoms with van der Waals surface area (Å²) >= 11 is 0. The molecule has 2 aromatic carbocycles. The third kappa shape index (κ3) is 2.56. The van der Waals surface area contributed by atoms with E-state index in [2.05, 4.69) is 54.1 Å². The molecule has 0 fully saturated rings. The largest absolute Gasteiger partial charge is 0.463 e. The number of esters is 1. The summed E-state index contributed by atoms with van der Waals surface area (Å²) in [6.45, 7) is 2.22. The molecular formula is C22H21NO2. The van der Waals surface area contributed by atoms with Crippen molar-refractivity contribution in [1.82, 2.24) is 4.57 Å². The standard InChI is InChI=1S/C22H21NO2/c1-3-25-21(24)14-18-16-9-5-4-8-15(16)12-13-20-22(18)17-10-6-7-11-19(17)23(20)2/h4-11,14H,3,12-13H2,1-2H3. The highest BCUT2D eigenvalue weighted by atomic mass is 16.5. The second-order valence-electron chi connectivity index (χ2n) is 6.37. The molecule has 0 unspecified atom stereocenters. The highest BCUT2D eigenvalue weighted by Gasteiger charge is 2.24. The van der Waals surface area contributed by atoms with Crippen LogP contribution in [0, 0.1) is 0 Å². The lowest BCUT2D eigenvalue weighted by atomic mass is 9.94. The second-order valence-corrected chi connectivity index (χ2v) is 6.37. The molecule has 0 saturated heterocycles. The fourth-order valence-corrected chi connectivity index (χ4v) is 3.88. The summed E-state index contributed by atoms with van der Waals surface area (Å²) in [5.41, 5.74) is 7.01. The zero-order valence-corrected chi connectivity index (χ0v) is 14.6. The zero-order valence-electron chi connectivity index (χ0n) is 14.6. The van der Waals surface area contributed by atoms with E-state index in [0.717, 1.165) is 29.5 Å². The van der Waals surface area contributed by atoms with Gasteiger partial charge in [0.15, 0.2) is 0 Å². The molecule has 0 spiro atoms. The average molecular weight is 331 g/mol. The van der Waals surface area contributed by atoms with Crippen LogP contribution in [0.15, 0.2) is 54.6 Å². The lowest BCUT2D eigenvalue weighted by Gasteiger charge is -2.10. The monoisotopic (exact) mass is 331 g/mol. The molecule has 0 N–H and O–H groups in total. The first-order chi connectivity index (χ1) is 12.2. The Labute approximate surface area is 147 Å². The number of hydrogen-bond acceptors (Lipinski definition) is 2. The molecular weight excluding hydrogens is 310 g/mol. The average Bonchev–Trinajstić information content (AvgIpc) is 2.80. The van der Waals surface area contributed by atoms with Gasteiger partial charge >= 0.3 is 5.97 Å². The maximum atomic E-state index is 12.3. The van der Waals surface area contributed by atoms with Crippen molar-refractivity contribution in [2.75, 3.05) is 6.61 Å². The van der Waals surface area contributed by atoms with Crippen molar-refractivity contribution < 1.29 is 9.53 Å². The van der Waals surface area contributed by atoms with Gasteiger partial charge in [0.1, 0.15) is 0 Å². The van der Waals surface area contributed by atoms with Crippen LogP contribution in [0.3, 0.4) is 0 Å². The lowest BCUT2D eigenvalue weighted by molar-refractivity contribution is -0.137. The summed E-state index contributed by atoms with van der Waals surface area (Å²) in [5, 5.41) is 1.19. The van der Waals surface area contributed by atoms with Crippen LogP contribution in [0.2, 0.25) is 0 Å². The molecule has 1 heterocycles. The minimum Gasteiger partial charge on any atom is -0.463 e. The highest BCUT2D eigenvalue weighted by molar-refractivity contribution is 6.05. The van der Waals surface area contributed by atoms with E-state index in [1.807, 2.05) is 13.0 Å². The van der Waals surface area contributed by atoms with Crippen LogP contribution >= 0.6 is 0 Å². The van der Waals surface area contributed by atoms with Gasteiger partial charge in [0, 0.05) is 35.3 Å². The predicted molar refractivity (Wildman–Crippen MR) is 100 cm³/mol. The van der Waals surface area contributed by atoms with Gasteiger partial charge in [-0.05, 0) is 42.5 Å². The van der Waals surface area contributed by atoms with Gasteiger partial charge in [-0.1, -0.05) is 42.5 Å². The van der Waals surface area contributed by atoms with Gasteiger partial charge in [-0.15, -0.1) is 0 Å². The number of carbonyl (C=O) groups excluding carboxylic acids is 1. The molecule has 0 bridgehead atoms. The van der Waals surface area contributed by atoms with E-state index >= 15 is 0 Å². The highest BCUT2D eigenvalue weighted by Crippen LogP contribution is 2.39. The van der Waals surface area contributed by atoms with Crippen molar-refractivity contribution in [3.8, 4) is 0 Å². The molecule has 3 aromatic rings. The van der Waals surface area contributed by atoms with Crippen LogP contribution in [-0.4, -0.2) is 17.1 Å². The van der Waals surface area contributed by atoms with Crippen molar-refractivity contribution in [2.24, 2.45) is 7.05 Å². The van der Waals surface area contributed by atoms with E-state index < -0.39 is 0 Å². The number of para-hydroxylation sites is 1. The third-order valence-corrected chi connectivity index (χ3v) is 4.98. The minimum absolute atomic E-state index is 0.284. The number of aryl methyl sites for hydroxylation is 2. The van der Waals surface area contributed by atoms with E-state index in [-0.39, 0.29) is 5.97 Å². The SMILES string of the molecule is CCOC(=O)C=C1c2ccccc2CCc2c1c1ccccc1n2C. The van der Waals surface area contributed by atoms with Crippen LogP contribution in [0.5, 0.6) is 0 Å². The van der Waals surface area contributed by atoms with Crippen molar-refractivity contribution in [1.29, 1.82) is 0 Å². The summed E-state index contributed by atoms with van der Waals surface area (Å²) in [6.07, 6.45) is 3.59. The van der Waals surface area contributed by atoms with Crippen LogP contribution in [0.25, 0.3) is 16.5 Å². The van der Waals surface area contributed by atoms with Gasteiger partial charge in [0.25, 0.3) is 0 Å². The zero-order chi connectivity index (χ0) is 17.4. The van der Waals surface area contributed by atoms with Gasteiger partial charge in [-0.25, -0.2) is 4.79 Å². The summed E-state index contributed by atoms with van der Waals surface area (Å²) in [7, 11) is 2.11. The van der Waals surface area contributed by atoms with Crippen LogP contribution in [-0.2, 0) is 29.4 Å². The molecule has 0 atom stereocenters. The third-order valence-electron chi connectivity index (χ3n) is 4.98. The number of hydrogen-bond donors (Lipinski definition) is 0. The molecule has 0 saturated carbocycles. The van der Waals surface area contributed by atoms with Gasteiger partial charge < -0.3 is 9.30 Å². The van der Waals surface area contributed by atoms with Crippen molar-refractivity contribution in [3.63, 3.8) is 0 Å². The minimum atomic E-state index is -0.284. The molecule has 3 heteroatoms. The first kappa shape index (κ1) is 15.7. The van der Waals surface area contributed by atoms with Gasteiger partial charge in [0.05, 0.1) is 6.61 Å². The normalized spacial score (nSPS) is 14.9. The maximum Gasteiger partial charge on any atom is 0.331 e. The number of rotatable bonds is 2. The summed E-state index contributed by atoms with van der Waals surface area (Å²) in [4.78, 5) is 12.3. The summed E-state index contributed by atoms with van der Waals surface area (Å²) < 4.78 is 7.47. The number of carbonyl (C=O) groups is 1. The van der Waals surface area contributed by atoms with E-state index in [1.54, 1.807) is 6.08 Å². The molecule has 0 amide bonds. The Bertz CT molecular complexity index is 994. The fourth-order valence-electron chi connectivity index (χ4n) is 3.88. The van der Waals surface area contributed by atoms with Gasteiger partial charge in [-0.3, -0.25) is 0 Å². The molecule has 3 nitrogen and oxygen atoms in total. The predicted octanol–water partition coefficient (Wildman–Crippen LogP) is 4.27. The Hall–Kier alpha value is -2.81. The number of fused-ring (bicyclic) bond motifs is 4. The Morgan fingerprint density at radius 2 is 1.88 bits per heavy atom. The van der Waals surface area contributed by atoms with Crippen LogP contribution in [0.4, 0.5) is 0 Å². The topological polar surface area (TPSA) is 31.2 Å². The summed E-state index contributed by atoms with van der Waals surface area (Å²) in [5.74, 6) is -0.284.